The van der Waals surface area contributed by atoms with Gasteiger partial charge in [-0.1, -0.05) is 36.4 Å². The fourth-order valence-electron chi connectivity index (χ4n) is 4.00. The lowest BCUT2D eigenvalue weighted by Gasteiger charge is -2.28. The van der Waals surface area contributed by atoms with Crippen LogP contribution in [0.4, 0.5) is 4.79 Å². The van der Waals surface area contributed by atoms with Gasteiger partial charge in [0.1, 0.15) is 17.8 Å². The van der Waals surface area contributed by atoms with Gasteiger partial charge in [0.05, 0.1) is 12.8 Å². The Morgan fingerprint density at radius 2 is 1.97 bits per heavy atom. The van der Waals surface area contributed by atoms with Gasteiger partial charge in [-0.3, -0.25) is 14.5 Å². The topological polar surface area (TPSA) is 82.9 Å². The summed E-state index contributed by atoms with van der Waals surface area (Å²) in [5.41, 5.74) is 0.412. The van der Waals surface area contributed by atoms with E-state index in [1.165, 1.54) is 0 Å². The second kappa shape index (κ2) is 8.18. The van der Waals surface area contributed by atoms with Crippen LogP contribution >= 0.6 is 0 Å². The average molecular weight is 407 g/mol. The van der Waals surface area contributed by atoms with Crippen molar-refractivity contribution in [1.29, 1.82) is 0 Å². The summed E-state index contributed by atoms with van der Waals surface area (Å²) < 4.78 is 5.43. The number of carbonyl (C=O) groups excluding carboxylic acids is 3. The molecule has 0 spiro atoms. The molecule has 0 unspecified atom stereocenters. The van der Waals surface area contributed by atoms with Crippen LogP contribution in [-0.4, -0.2) is 34.2 Å². The molecule has 0 radical (unpaired) electrons. The monoisotopic (exact) mass is 407 g/mol. The maximum Gasteiger partial charge on any atom is 0.325 e. The van der Waals surface area contributed by atoms with Crippen LogP contribution in [0.5, 0.6) is 0 Å². The molecular formula is C23H25N3O4. The molecular weight excluding hydrogens is 382 g/mol. The van der Waals surface area contributed by atoms with Crippen LogP contribution in [0, 0.1) is 0 Å². The SMILES string of the molecule is C[C@]1(c2ccccc2)NC(=O)N(CC(=O)N(Cc2ccco2)C2=CCCCC2)C1=O. The number of furan rings is 1. The van der Waals surface area contributed by atoms with Gasteiger partial charge in [0.25, 0.3) is 5.91 Å². The second-order valence-corrected chi connectivity index (χ2v) is 7.81. The van der Waals surface area contributed by atoms with Crippen molar-refractivity contribution in [3.8, 4) is 0 Å². The lowest BCUT2D eigenvalue weighted by molar-refractivity contribution is -0.138. The van der Waals surface area contributed by atoms with E-state index < -0.39 is 17.5 Å². The van der Waals surface area contributed by atoms with Gasteiger partial charge in [-0.25, -0.2) is 4.79 Å². The molecule has 0 saturated carbocycles. The van der Waals surface area contributed by atoms with Crippen LogP contribution in [0.2, 0.25) is 0 Å². The second-order valence-electron chi connectivity index (χ2n) is 7.81. The number of hydrogen-bond acceptors (Lipinski definition) is 4. The predicted octanol–water partition coefficient (Wildman–Crippen LogP) is 3.53. The first-order valence-electron chi connectivity index (χ1n) is 10.2. The third-order valence-electron chi connectivity index (χ3n) is 5.73. The van der Waals surface area contributed by atoms with Crippen LogP contribution in [0.3, 0.4) is 0 Å². The van der Waals surface area contributed by atoms with Crippen molar-refractivity contribution in [2.75, 3.05) is 6.54 Å². The largest absolute Gasteiger partial charge is 0.467 e. The van der Waals surface area contributed by atoms with E-state index in [1.54, 1.807) is 36.3 Å². The number of benzene rings is 1. The van der Waals surface area contributed by atoms with E-state index in [2.05, 4.69) is 11.4 Å². The minimum atomic E-state index is -1.19. The Morgan fingerprint density at radius 1 is 1.17 bits per heavy atom. The highest BCUT2D eigenvalue weighted by atomic mass is 16.3. The van der Waals surface area contributed by atoms with Crippen LogP contribution in [-0.2, 0) is 21.7 Å². The molecule has 4 rings (SSSR count). The molecule has 1 fully saturated rings. The first-order chi connectivity index (χ1) is 14.5. The summed E-state index contributed by atoms with van der Waals surface area (Å²) in [5, 5.41) is 2.75. The number of imide groups is 1. The van der Waals surface area contributed by atoms with Gasteiger partial charge in [0, 0.05) is 5.70 Å². The van der Waals surface area contributed by atoms with Crippen molar-refractivity contribution in [2.45, 2.75) is 44.7 Å². The standard InChI is InChI=1S/C23H25N3O4/c1-23(17-9-4-2-5-10-17)21(28)26(22(29)24-23)16-20(27)25(15-19-13-8-14-30-19)18-11-6-3-7-12-18/h2,4-5,8-11,13-14H,3,6-7,12,15-16H2,1H3,(H,24,29)/t23-/m1/s1. The van der Waals surface area contributed by atoms with Gasteiger partial charge in [0.2, 0.25) is 5.91 Å². The zero-order chi connectivity index (χ0) is 21.1. The van der Waals surface area contributed by atoms with E-state index in [0.717, 1.165) is 36.3 Å². The highest BCUT2D eigenvalue weighted by molar-refractivity contribution is 6.09. The quantitative estimate of drug-likeness (QED) is 0.743. The maximum atomic E-state index is 13.2. The van der Waals surface area contributed by atoms with Gasteiger partial charge in [0.15, 0.2) is 0 Å². The van der Waals surface area contributed by atoms with E-state index in [4.69, 9.17) is 4.42 Å². The van der Waals surface area contributed by atoms with Crippen LogP contribution in [0.25, 0.3) is 0 Å². The number of rotatable bonds is 6. The summed E-state index contributed by atoms with van der Waals surface area (Å²) in [7, 11) is 0. The number of allylic oxidation sites excluding steroid dienone is 2. The van der Waals surface area contributed by atoms with Gasteiger partial charge >= 0.3 is 6.03 Å². The van der Waals surface area contributed by atoms with Gasteiger partial charge in [-0.15, -0.1) is 0 Å². The van der Waals surface area contributed by atoms with Crippen molar-refractivity contribution in [2.24, 2.45) is 0 Å². The molecule has 4 amide bonds. The van der Waals surface area contributed by atoms with Crippen LogP contribution in [0.15, 0.2) is 64.9 Å². The Bertz CT molecular complexity index is 968. The molecule has 1 N–H and O–H groups in total. The van der Waals surface area contributed by atoms with Crippen molar-refractivity contribution in [3.05, 3.63) is 71.8 Å². The van der Waals surface area contributed by atoms with E-state index in [-0.39, 0.29) is 19.0 Å². The summed E-state index contributed by atoms with van der Waals surface area (Å²) in [5.74, 6) is -0.0795. The third kappa shape index (κ3) is 3.75. The number of nitrogens with one attached hydrogen (secondary N) is 1. The average Bonchev–Trinajstić information content (AvgIpc) is 3.36. The normalized spacial score (nSPS) is 21.4. The van der Waals surface area contributed by atoms with Crippen LogP contribution in [0.1, 0.15) is 43.9 Å². The minimum Gasteiger partial charge on any atom is -0.467 e. The summed E-state index contributed by atoms with van der Waals surface area (Å²) in [6.45, 7) is 1.62. The van der Waals surface area contributed by atoms with Gasteiger partial charge in [-0.2, -0.15) is 0 Å². The molecule has 1 saturated heterocycles. The molecule has 2 aromatic rings. The number of carbonyl (C=O) groups is 3. The van der Waals surface area contributed by atoms with Crippen molar-refractivity contribution in [1.82, 2.24) is 15.1 Å². The summed E-state index contributed by atoms with van der Waals surface area (Å²) in [6.07, 6.45) is 7.42. The van der Waals surface area contributed by atoms with Crippen molar-refractivity contribution < 1.29 is 18.8 Å². The lowest BCUT2D eigenvalue weighted by Crippen LogP contribution is -2.44. The molecule has 1 aliphatic carbocycles. The molecule has 2 heterocycles. The Kier molecular flexibility index (Phi) is 5.44. The maximum absolute atomic E-state index is 13.2. The zero-order valence-corrected chi connectivity index (χ0v) is 17.0. The highest BCUT2D eigenvalue weighted by Crippen LogP contribution is 2.29. The predicted molar refractivity (Wildman–Crippen MR) is 110 cm³/mol. The number of amides is 4. The molecule has 2 aliphatic rings. The molecule has 1 aromatic carbocycles. The fourth-order valence-corrected chi connectivity index (χ4v) is 4.00. The van der Waals surface area contributed by atoms with E-state index >= 15 is 0 Å². The van der Waals surface area contributed by atoms with E-state index in [1.807, 2.05) is 24.3 Å². The molecule has 1 atom stereocenters. The zero-order valence-electron chi connectivity index (χ0n) is 17.0. The van der Waals surface area contributed by atoms with Crippen molar-refractivity contribution >= 4 is 17.8 Å². The van der Waals surface area contributed by atoms with Crippen LogP contribution < -0.4 is 5.32 Å². The molecule has 1 aliphatic heterocycles. The smallest absolute Gasteiger partial charge is 0.325 e. The fraction of sp³-hybridized carbons (Fsp3) is 0.348. The first-order valence-corrected chi connectivity index (χ1v) is 10.2. The van der Waals surface area contributed by atoms with E-state index in [0.29, 0.717) is 11.3 Å². The highest BCUT2D eigenvalue weighted by Gasteiger charge is 2.49. The molecule has 1 aromatic heterocycles. The molecule has 0 bridgehead atoms. The molecule has 30 heavy (non-hydrogen) atoms. The molecule has 7 nitrogen and oxygen atoms in total. The van der Waals surface area contributed by atoms with Crippen molar-refractivity contribution in [3.63, 3.8) is 0 Å². The van der Waals surface area contributed by atoms with Gasteiger partial charge < -0.3 is 14.6 Å². The Hall–Kier alpha value is -3.35. The summed E-state index contributed by atoms with van der Waals surface area (Å²) >= 11 is 0. The number of hydrogen-bond donors (Lipinski definition) is 1. The number of nitrogens with zero attached hydrogens (tertiary/aromatic N) is 2. The first kappa shape index (κ1) is 19.9. The lowest BCUT2D eigenvalue weighted by atomic mass is 9.92. The Labute approximate surface area is 175 Å². The Morgan fingerprint density at radius 3 is 2.63 bits per heavy atom. The Balaban J connectivity index is 1.55. The summed E-state index contributed by atoms with van der Waals surface area (Å²) in [6, 6.07) is 12.1. The van der Waals surface area contributed by atoms with E-state index in [9.17, 15) is 14.4 Å². The number of urea groups is 1. The minimum absolute atomic E-state index is 0.275. The molecule has 156 valence electrons. The third-order valence-corrected chi connectivity index (χ3v) is 5.73. The molecule has 7 heteroatoms. The summed E-state index contributed by atoms with van der Waals surface area (Å²) in [4.78, 5) is 41.6. The van der Waals surface area contributed by atoms with Gasteiger partial charge in [-0.05, 0) is 50.3 Å².